The fourth-order valence-electron chi connectivity index (χ4n) is 0.814. The molecule has 0 atom stereocenters. The van der Waals surface area contributed by atoms with E-state index in [1.165, 1.54) is 5.01 Å². The van der Waals surface area contributed by atoms with Gasteiger partial charge in [-0.1, -0.05) is 0 Å². The van der Waals surface area contributed by atoms with Crippen LogP contribution in [0.15, 0.2) is 13.2 Å². The van der Waals surface area contributed by atoms with Crippen LogP contribution < -0.4 is 5.43 Å². The van der Waals surface area contributed by atoms with Crippen LogP contribution in [0.5, 0.6) is 0 Å². The van der Waals surface area contributed by atoms with Gasteiger partial charge in [0.25, 0.3) is 0 Å². The van der Waals surface area contributed by atoms with Crippen molar-refractivity contribution in [1.29, 1.82) is 0 Å². The Hall–Kier alpha value is -1.52. The molecule has 1 rings (SSSR count). The third-order valence-electron chi connectivity index (χ3n) is 1.31. The number of hydrogen-bond donors (Lipinski definition) is 1. The minimum atomic E-state index is -0.488. The molecule has 1 aliphatic heterocycles. The number of hydrazine groups is 1. The number of amides is 2. The zero-order chi connectivity index (χ0) is 10.3. The molecular weight excluding hydrogens is 172 g/mol. The molecule has 1 fully saturated rings. The molecule has 13 heavy (non-hydrogen) atoms. The second-order valence-electron chi connectivity index (χ2n) is 2.14. The van der Waals surface area contributed by atoms with Crippen molar-refractivity contribution >= 4 is 12.0 Å². The lowest BCUT2D eigenvalue weighted by atomic mass is 10.4. The Morgan fingerprint density at radius 2 is 2.31 bits per heavy atom. The summed E-state index contributed by atoms with van der Waals surface area (Å²) < 4.78 is 4.65. The van der Waals surface area contributed by atoms with E-state index < -0.39 is 6.09 Å². The molecule has 1 aliphatic rings. The van der Waals surface area contributed by atoms with E-state index >= 15 is 0 Å². The maximum atomic E-state index is 10.9. The van der Waals surface area contributed by atoms with Crippen molar-refractivity contribution in [3.8, 4) is 0 Å². The number of carbonyl (C=O) groups is 2. The summed E-state index contributed by atoms with van der Waals surface area (Å²) in [6.07, 6.45) is -0.128. The Bertz CT molecular complexity index is 194. The van der Waals surface area contributed by atoms with Crippen molar-refractivity contribution in [3.05, 3.63) is 13.2 Å². The predicted octanol–water partition coefficient (Wildman–Crippen LogP) is 0.682. The van der Waals surface area contributed by atoms with Crippen LogP contribution in [-0.4, -0.2) is 30.2 Å². The lowest BCUT2D eigenvalue weighted by Crippen LogP contribution is -2.38. The van der Waals surface area contributed by atoms with Crippen LogP contribution in [-0.2, 0) is 9.53 Å². The number of nitrogens with one attached hydrogen (secondary N) is 1. The molecule has 0 unspecified atom stereocenters. The summed E-state index contributed by atoms with van der Waals surface area (Å²) in [6, 6.07) is 0. The molecule has 0 bridgehead atoms. The van der Waals surface area contributed by atoms with Crippen molar-refractivity contribution in [3.63, 3.8) is 0 Å². The van der Waals surface area contributed by atoms with Crippen molar-refractivity contribution in [2.24, 2.45) is 0 Å². The summed E-state index contributed by atoms with van der Waals surface area (Å²) in [5, 5.41) is 1.17. The summed E-state index contributed by atoms with van der Waals surface area (Å²) in [6.45, 7) is 8.44. The standard InChI is InChI=1S/C6H10N2O3.C2H4/c1-2-11-6(10)8-4-3-5(9)7-8;1-2/h2-4H2,1H3,(H,7,9);1-2H2. The van der Waals surface area contributed by atoms with Crippen LogP contribution in [0.2, 0.25) is 0 Å². The molecule has 0 aromatic carbocycles. The Kier molecular flexibility index (Phi) is 5.34. The van der Waals surface area contributed by atoms with Gasteiger partial charge >= 0.3 is 6.09 Å². The van der Waals surface area contributed by atoms with Gasteiger partial charge in [0.15, 0.2) is 0 Å². The highest BCUT2D eigenvalue weighted by Gasteiger charge is 2.23. The van der Waals surface area contributed by atoms with E-state index in [-0.39, 0.29) is 5.91 Å². The number of nitrogens with zero attached hydrogens (tertiary/aromatic N) is 1. The van der Waals surface area contributed by atoms with Crippen LogP contribution in [0, 0.1) is 0 Å². The average molecular weight is 186 g/mol. The van der Waals surface area contributed by atoms with Crippen molar-refractivity contribution in [2.45, 2.75) is 13.3 Å². The molecule has 1 N–H and O–H groups in total. The summed E-state index contributed by atoms with van der Waals surface area (Å²) >= 11 is 0. The monoisotopic (exact) mass is 186 g/mol. The first kappa shape index (κ1) is 11.5. The van der Waals surface area contributed by atoms with E-state index in [4.69, 9.17) is 0 Å². The van der Waals surface area contributed by atoms with Gasteiger partial charge in [-0.2, -0.15) is 0 Å². The molecule has 0 radical (unpaired) electrons. The third kappa shape index (κ3) is 3.59. The van der Waals surface area contributed by atoms with Gasteiger partial charge in [-0.3, -0.25) is 10.2 Å². The zero-order valence-electron chi connectivity index (χ0n) is 7.71. The largest absolute Gasteiger partial charge is 0.448 e. The highest BCUT2D eigenvalue weighted by molar-refractivity contribution is 5.82. The minimum absolute atomic E-state index is 0.141. The van der Waals surface area contributed by atoms with Crippen LogP contribution in [0.3, 0.4) is 0 Å². The van der Waals surface area contributed by atoms with Gasteiger partial charge in [0.1, 0.15) is 0 Å². The van der Waals surface area contributed by atoms with E-state index in [1.807, 2.05) is 0 Å². The topological polar surface area (TPSA) is 58.6 Å². The highest BCUT2D eigenvalue weighted by Crippen LogP contribution is 1.99. The lowest BCUT2D eigenvalue weighted by Gasteiger charge is -2.13. The zero-order valence-corrected chi connectivity index (χ0v) is 7.71. The predicted molar refractivity (Wildman–Crippen MR) is 47.7 cm³/mol. The highest BCUT2D eigenvalue weighted by atomic mass is 16.6. The number of rotatable bonds is 1. The number of carbonyl (C=O) groups excluding carboxylic acids is 2. The van der Waals surface area contributed by atoms with Gasteiger partial charge in [0.05, 0.1) is 13.2 Å². The maximum absolute atomic E-state index is 10.9. The van der Waals surface area contributed by atoms with E-state index in [0.29, 0.717) is 19.6 Å². The molecule has 5 heteroatoms. The molecule has 0 aliphatic carbocycles. The van der Waals surface area contributed by atoms with E-state index in [9.17, 15) is 9.59 Å². The van der Waals surface area contributed by atoms with E-state index in [0.717, 1.165) is 0 Å². The Morgan fingerprint density at radius 3 is 2.69 bits per heavy atom. The second kappa shape index (κ2) is 6.05. The van der Waals surface area contributed by atoms with Crippen LogP contribution in [0.4, 0.5) is 4.79 Å². The summed E-state index contributed by atoms with van der Waals surface area (Å²) in [5.41, 5.74) is 2.36. The minimum Gasteiger partial charge on any atom is -0.448 e. The first-order valence-electron chi connectivity index (χ1n) is 3.98. The maximum Gasteiger partial charge on any atom is 0.428 e. The van der Waals surface area contributed by atoms with Crippen LogP contribution >= 0.6 is 0 Å². The average Bonchev–Trinajstić information content (AvgIpc) is 2.56. The fourth-order valence-corrected chi connectivity index (χ4v) is 0.814. The second-order valence-corrected chi connectivity index (χ2v) is 2.14. The summed E-state index contributed by atoms with van der Waals surface area (Å²) in [7, 11) is 0. The quantitative estimate of drug-likeness (QED) is 0.613. The fraction of sp³-hybridized carbons (Fsp3) is 0.500. The van der Waals surface area contributed by atoms with Gasteiger partial charge in [-0.05, 0) is 6.92 Å². The molecule has 1 heterocycles. The lowest BCUT2D eigenvalue weighted by molar-refractivity contribution is -0.120. The van der Waals surface area contributed by atoms with Crippen LogP contribution in [0.1, 0.15) is 13.3 Å². The first-order chi connectivity index (χ1) is 6.24. The van der Waals surface area contributed by atoms with Crippen molar-refractivity contribution in [2.75, 3.05) is 13.2 Å². The van der Waals surface area contributed by atoms with Gasteiger partial charge in [-0.25, -0.2) is 9.80 Å². The molecule has 2 amide bonds. The van der Waals surface area contributed by atoms with Crippen molar-refractivity contribution < 1.29 is 14.3 Å². The molecule has 5 nitrogen and oxygen atoms in total. The smallest absolute Gasteiger partial charge is 0.428 e. The van der Waals surface area contributed by atoms with E-state index in [1.54, 1.807) is 6.92 Å². The summed E-state index contributed by atoms with van der Waals surface area (Å²) in [5.74, 6) is -0.141. The Labute approximate surface area is 77.3 Å². The molecule has 0 saturated carbocycles. The van der Waals surface area contributed by atoms with Gasteiger partial charge in [0, 0.05) is 6.42 Å². The first-order valence-corrected chi connectivity index (χ1v) is 3.98. The van der Waals surface area contributed by atoms with Crippen molar-refractivity contribution in [1.82, 2.24) is 10.4 Å². The normalized spacial score (nSPS) is 14.2. The molecule has 1 saturated heterocycles. The van der Waals surface area contributed by atoms with Gasteiger partial charge in [-0.15, -0.1) is 13.2 Å². The van der Waals surface area contributed by atoms with E-state index in [2.05, 4.69) is 23.3 Å². The molecule has 74 valence electrons. The van der Waals surface area contributed by atoms with Crippen LogP contribution in [0.25, 0.3) is 0 Å². The molecular formula is C8H14N2O3. The number of hydrogen-bond acceptors (Lipinski definition) is 3. The summed E-state index contributed by atoms with van der Waals surface area (Å²) in [4.78, 5) is 21.5. The molecule has 0 spiro atoms. The molecule has 0 aromatic rings. The Balaban J connectivity index is 0.000000671. The number of ether oxygens (including phenoxy) is 1. The van der Waals surface area contributed by atoms with Gasteiger partial charge < -0.3 is 4.74 Å². The Morgan fingerprint density at radius 1 is 1.69 bits per heavy atom. The van der Waals surface area contributed by atoms with Gasteiger partial charge in [0.2, 0.25) is 5.91 Å². The SMILES string of the molecule is C=C.CCOC(=O)N1CCC(=O)N1. The molecule has 0 aromatic heterocycles. The third-order valence-corrected chi connectivity index (χ3v) is 1.31.